The van der Waals surface area contributed by atoms with Gasteiger partial charge in [0.25, 0.3) is 0 Å². The molecule has 13 nitrogen and oxygen atoms in total. The quantitative estimate of drug-likeness (QED) is 0.424. The molecule has 2 aromatic carbocycles. The Labute approximate surface area is 253 Å². The Bertz CT molecular complexity index is 1680. The fraction of sp³-hybridized carbons (Fsp3) is 0.552. The molecule has 3 fully saturated rings. The summed E-state index contributed by atoms with van der Waals surface area (Å²) in [5.74, 6) is -9.80. The molecule has 4 heterocycles. The van der Waals surface area contributed by atoms with Crippen LogP contribution in [0.4, 0.5) is 0 Å². The van der Waals surface area contributed by atoms with Crippen molar-refractivity contribution in [3.8, 4) is 28.7 Å². The Morgan fingerprint density at radius 2 is 1.71 bits per heavy atom. The van der Waals surface area contributed by atoms with E-state index in [1.54, 1.807) is 6.92 Å². The molecule has 10 atom stereocenters. The number of rotatable bonds is 5. The molecule has 0 amide bonds. The number of benzene rings is 2. The number of ether oxygens (including phenoxy) is 9. The summed E-state index contributed by atoms with van der Waals surface area (Å²) in [6.45, 7) is -1.58. The van der Waals surface area contributed by atoms with Crippen molar-refractivity contribution in [1.29, 1.82) is 0 Å². The molecule has 0 spiro atoms. The van der Waals surface area contributed by atoms with Gasteiger partial charge in [0.2, 0.25) is 12.5 Å². The molecule has 3 saturated heterocycles. The lowest BCUT2D eigenvalue weighted by Crippen LogP contribution is -2.63. The molecular weight excluding hydrogens is 556 g/mol. The van der Waals surface area contributed by atoms with Gasteiger partial charge in [-0.05, 0) is 47.9 Å². The third-order valence-corrected chi connectivity index (χ3v) is 8.02. The molecule has 5 aliphatic rings. The standard InChI is InChI=1S/C29H32O13/c1-11-36-9-20-27(40-11)24(31)25(32)29(41-20)42-26-14-7-17-16(38-10-39-17)6-13(14)21(22-15(26)8-37-28(22)33)12-4-18(34-2)23(30)19(5-12)35-3/h4-7,11,15,20-22,24-27,29-32H,8-10H2,1-3H3/t11-,15+,20-,21-,22+,24-,25-,26-,27-,29+/m1/s1/i2D3,3D3,8D2,21D. The van der Waals surface area contributed by atoms with E-state index in [-0.39, 0.29) is 41.6 Å². The highest BCUT2D eigenvalue weighted by molar-refractivity contribution is 5.79. The minimum absolute atomic E-state index is 0.000454. The number of fused-ring (bicyclic) bond motifs is 4. The number of carbonyl (C=O) groups is 1. The lowest BCUT2D eigenvalue weighted by Gasteiger charge is -2.47. The molecular formula is C29H32O13. The lowest BCUT2D eigenvalue weighted by molar-refractivity contribution is -0.364. The van der Waals surface area contributed by atoms with Crippen LogP contribution in [0.3, 0.4) is 0 Å². The maximum absolute atomic E-state index is 13.8. The average Bonchev–Trinajstić information content (AvgIpc) is 3.58. The first-order valence-electron chi connectivity index (χ1n) is 17.5. The number of carbonyl (C=O) groups excluding carboxylic acids is 1. The molecule has 0 aromatic heterocycles. The molecule has 13 heteroatoms. The van der Waals surface area contributed by atoms with Crippen LogP contribution in [0, 0.1) is 11.8 Å². The van der Waals surface area contributed by atoms with E-state index in [1.165, 1.54) is 12.1 Å². The lowest BCUT2D eigenvalue weighted by atomic mass is 9.66. The minimum atomic E-state index is -3.19. The number of hydrogen-bond acceptors (Lipinski definition) is 13. The predicted molar refractivity (Wildman–Crippen MR) is 138 cm³/mol. The summed E-state index contributed by atoms with van der Waals surface area (Å²) in [4.78, 5) is 13.8. The maximum atomic E-state index is 13.8. The SMILES string of the molecule is [2H]C([2H])([2H])Oc1cc([C@]2([2H])c3cc4c(cc3[C@@H](O[C@@H]3O[C@@H]5CO[C@@H](C)O[C@H]5[C@H](O)[C@H]3O)[C@@H]3[C@@H]2C(=O)OC3([2H])[2H])OCO4)cc(OC([2H])([2H])[2H])c1O. The fourth-order valence-corrected chi connectivity index (χ4v) is 6.07. The van der Waals surface area contributed by atoms with Gasteiger partial charge in [-0.25, -0.2) is 0 Å². The second-order valence-electron chi connectivity index (χ2n) is 10.4. The molecule has 0 bridgehead atoms. The second-order valence-corrected chi connectivity index (χ2v) is 10.4. The highest BCUT2D eigenvalue weighted by Gasteiger charge is 2.56. The van der Waals surface area contributed by atoms with Gasteiger partial charge in [0.05, 0.1) is 50.2 Å². The highest BCUT2D eigenvalue weighted by Crippen LogP contribution is 2.57. The van der Waals surface area contributed by atoms with E-state index in [2.05, 4.69) is 0 Å². The van der Waals surface area contributed by atoms with Crippen LogP contribution in [0.25, 0.3) is 0 Å². The van der Waals surface area contributed by atoms with Gasteiger partial charge in [-0.1, -0.05) is 0 Å². The van der Waals surface area contributed by atoms with Crippen molar-refractivity contribution >= 4 is 5.97 Å². The molecule has 7 rings (SSSR count). The van der Waals surface area contributed by atoms with Crippen molar-refractivity contribution in [1.82, 2.24) is 0 Å². The fourth-order valence-electron chi connectivity index (χ4n) is 6.07. The summed E-state index contributed by atoms with van der Waals surface area (Å²) in [7, 11) is -6.39. The van der Waals surface area contributed by atoms with E-state index < -0.39 is 105 Å². The molecule has 3 N–H and O–H groups in total. The van der Waals surface area contributed by atoms with Crippen LogP contribution in [-0.2, 0) is 28.5 Å². The first kappa shape index (κ1) is 19.1. The van der Waals surface area contributed by atoms with Crippen LogP contribution in [0.15, 0.2) is 24.3 Å². The summed E-state index contributed by atoms with van der Waals surface area (Å²) in [5, 5.41) is 33.0. The largest absolute Gasteiger partial charge is 0.502 e. The van der Waals surface area contributed by atoms with Gasteiger partial charge < -0.3 is 58.0 Å². The van der Waals surface area contributed by atoms with Crippen molar-refractivity contribution in [2.24, 2.45) is 11.8 Å². The third-order valence-electron chi connectivity index (χ3n) is 8.02. The van der Waals surface area contributed by atoms with Gasteiger partial charge in [0.1, 0.15) is 24.4 Å². The Morgan fingerprint density at radius 1 is 1.00 bits per heavy atom. The van der Waals surface area contributed by atoms with Gasteiger partial charge in [0, 0.05) is 13.2 Å². The first-order valence-corrected chi connectivity index (χ1v) is 13.0. The number of aliphatic hydroxyl groups excluding tert-OH is 2. The van der Waals surface area contributed by atoms with Crippen LogP contribution in [0.5, 0.6) is 28.7 Å². The van der Waals surface area contributed by atoms with Crippen molar-refractivity contribution in [2.75, 3.05) is 34.0 Å². The maximum Gasteiger partial charge on any atom is 0.310 e. The van der Waals surface area contributed by atoms with E-state index in [9.17, 15) is 21.5 Å². The van der Waals surface area contributed by atoms with E-state index >= 15 is 0 Å². The predicted octanol–water partition coefficient (Wildman–Crippen LogP) is 1.34. The third kappa shape index (κ3) is 4.26. The van der Waals surface area contributed by atoms with Crippen molar-refractivity contribution in [3.63, 3.8) is 0 Å². The van der Waals surface area contributed by atoms with Gasteiger partial charge in [-0.15, -0.1) is 0 Å². The topological polar surface area (TPSA) is 161 Å². The van der Waals surface area contributed by atoms with Gasteiger partial charge >= 0.3 is 5.97 Å². The molecule has 2 aromatic rings. The Balaban J connectivity index is 1.41. The van der Waals surface area contributed by atoms with Crippen LogP contribution in [0.2, 0.25) is 0 Å². The summed E-state index contributed by atoms with van der Waals surface area (Å²) in [6.07, 6.45) is -9.17. The molecule has 4 aliphatic heterocycles. The highest BCUT2D eigenvalue weighted by atomic mass is 16.8. The number of hydrogen-bond donors (Lipinski definition) is 3. The number of methoxy groups -OCH3 is 2. The number of cyclic esters (lactones) is 1. The Morgan fingerprint density at radius 3 is 2.43 bits per heavy atom. The first-order chi connectivity index (χ1) is 23.7. The number of esters is 1. The molecule has 226 valence electrons. The van der Waals surface area contributed by atoms with E-state index in [4.69, 9.17) is 53.6 Å². The smallest absolute Gasteiger partial charge is 0.310 e. The van der Waals surface area contributed by atoms with Crippen molar-refractivity contribution in [2.45, 2.75) is 55.9 Å². The van der Waals surface area contributed by atoms with Gasteiger partial charge in [-0.2, -0.15) is 0 Å². The zero-order chi connectivity index (χ0) is 37.0. The molecule has 0 radical (unpaired) electrons. The van der Waals surface area contributed by atoms with Gasteiger partial charge in [0.15, 0.2) is 35.6 Å². The zero-order valence-corrected chi connectivity index (χ0v) is 21.8. The Kier molecular flexibility index (Phi) is 4.73. The van der Waals surface area contributed by atoms with E-state index in [0.29, 0.717) is 0 Å². The number of phenolic OH excluding ortho intramolecular Hbond substituents is 1. The summed E-state index contributed by atoms with van der Waals surface area (Å²) >= 11 is 0. The van der Waals surface area contributed by atoms with Crippen LogP contribution in [-0.4, -0.2) is 92.3 Å². The normalized spacial score (nSPS) is 43.2. The summed E-state index contributed by atoms with van der Waals surface area (Å²) < 4.78 is 123. The Hall–Kier alpha value is -3.33. The summed E-state index contributed by atoms with van der Waals surface area (Å²) in [6, 6.07) is 4.46. The van der Waals surface area contributed by atoms with Gasteiger partial charge in [-0.3, -0.25) is 4.79 Å². The number of phenols is 1. The molecule has 1 aliphatic carbocycles. The molecule has 0 unspecified atom stereocenters. The molecule has 0 saturated carbocycles. The molecule has 42 heavy (non-hydrogen) atoms. The van der Waals surface area contributed by atoms with Crippen LogP contribution in [0.1, 0.15) is 47.9 Å². The van der Waals surface area contributed by atoms with Crippen molar-refractivity contribution < 1.29 is 75.1 Å². The zero-order valence-electron chi connectivity index (χ0n) is 30.8. The van der Waals surface area contributed by atoms with E-state index in [0.717, 1.165) is 12.1 Å². The number of aromatic hydroxyl groups is 1. The van der Waals surface area contributed by atoms with Crippen LogP contribution >= 0.6 is 0 Å². The second kappa shape index (κ2) is 10.4. The minimum Gasteiger partial charge on any atom is -0.502 e. The average molecular weight is 598 g/mol. The monoisotopic (exact) mass is 597 g/mol. The van der Waals surface area contributed by atoms with Crippen molar-refractivity contribution in [3.05, 3.63) is 41.0 Å². The number of aliphatic hydroxyl groups is 2. The van der Waals surface area contributed by atoms with Crippen LogP contribution < -0.4 is 18.9 Å². The summed E-state index contributed by atoms with van der Waals surface area (Å²) in [5.41, 5.74) is -0.487. The van der Waals surface area contributed by atoms with E-state index in [1.807, 2.05) is 0 Å².